The fraction of sp³-hybridized carbons (Fsp3) is 0.600. The lowest BCUT2D eigenvalue weighted by molar-refractivity contribution is 0.279. The Kier molecular flexibility index (Phi) is 3.37. The summed E-state index contributed by atoms with van der Waals surface area (Å²) in [4.78, 5) is 8.49. The number of hydrogen-bond donors (Lipinski definition) is 1. The summed E-state index contributed by atoms with van der Waals surface area (Å²) < 4.78 is 0. The average molecular weight is 180 g/mol. The van der Waals surface area contributed by atoms with E-state index < -0.39 is 0 Å². The third-order valence-electron chi connectivity index (χ3n) is 1.89. The number of aryl methyl sites for hydroxylation is 1. The van der Waals surface area contributed by atoms with E-state index in [-0.39, 0.29) is 6.61 Å². The van der Waals surface area contributed by atoms with E-state index in [1.54, 1.807) is 6.20 Å². The van der Waals surface area contributed by atoms with Gasteiger partial charge in [-0.2, -0.15) is 0 Å². The molecule has 0 atom stereocenters. The van der Waals surface area contributed by atoms with Crippen molar-refractivity contribution in [3.05, 3.63) is 23.3 Å². The molecule has 1 N–H and O–H groups in total. The van der Waals surface area contributed by atoms with E-state index in [1.807, 2.05) is 6.92 Å². The maximum Gasteiger partial charge on any atom is 0.128 e. The van der Waals surface area contributed by atoms with Crippen LogP contribution >= 0.6 is 0 Å². The van der Waals surface area contributed by atoms with Gasteiger partial charge in [-0.1, -0.05) is 13.8 Å². The Morgan fingerprint density at radius 2 is 2.15 bits per heavy atom. The largest absolute Gasteiger partial charge is 0.392 e. The van der Waals surface area contributed by atoms with Crippen LogP contribution < -0.4 is 0 Å². The van der Waals surface area contributed by atoms with Gasteiger partial charge in [0.15, 0.2) is 0 Å². The third kappa shape index (κ3) is 2.77. The Morgan fingerprint density at radius 3 is 2.62 bits per heavy atom. The van der Waals surface area contributed by atoms with Gasteiger partial charge in [-0.15, -0.1) is 0 Å². The molecule has 1 rings (SSSR count). The molecule has 3 heteroatoms. The van der Waals surface area contributed by atoms with E-state index in [2.05, 4.69) is 23.8 Å². The zero-order valence-electron chi connectivity index (χ0n) is 8.41. The van der Waals surface area contributed by atoms with Gasteiger partial charge in [-0.3, -0.25) is 0 Å². The SMILES string of the molecule is Cc1nc(CC(C)C)ncc1CO. The lowest BCUT2D eigenvalue weighted by atomic mass is 10.1. The summed E-state index contributed by atoms with van der Waals surface area (Å²) in [7, 11) is 0. The Labute approximate surface area is 78.9 Å². The third-order valence-corrected chi connectivity index (χ3v) is 1.89. The summed E-state index contributed by atoms with van der Waals surface area (Å²) in [6.07, 6.45) is 2.60. The summed E-state index contributed by atoms with van der Waals surface area (Å²) in [6, 6.07) is 0. The topological polar surface area (TPSA) is 46.0 Å². The molecular weight excluding hydrogens is 164 g/mol. The molecule has 0 unspecified atom stereocenters. The molecule has 0 aliphatic rings. The molecule has 0 radical (unpaired) electrons. The van der Waals surface area contributed by atoms with Crippen LogP contribution in [0, 0.1) is 12.8 Å². The van der Waals surface area contributed by atoms with Gasteiger partial charge in [-0.05, 0) is 12.8 Å². The summed E-state index contributed by atoms with van der Waals surface area (Å²) in [5, 5.41) is 8.91. The minimum Gasteiger partial charge on any atom is -0.392 e. The monoisotopic (exact) mass is 180 g/mol. The molecule has 0 spiro atoms. The van der Waals surface area contributed by atoms with Crippen molar-refractivity contribution in [2.24, 2.45) is 5.92 Å². The van der Waals surface area contributed by atoms with Crippen molar-refractivity contribution in [1.29, 1.82) is 0 Å². The van der Waals surface area contributed by atoms with Crippen molar-refractivity contribution in [2.45, 2.75) is 33.8 Å². The van der Waals surface area contributed by atoms with Crippen LogP contribution in [0.3, 0.4) is 0 Å². The lowest BCUT2D eigenvalue weighted by Crippen LogP contribution is -2.04. The average Bonchev–Trinajstić information content (AvgIpc) is 2.03. The molecule has 0 bridgehead atoms. The molecule has 1 heterocycles. The smallest absolute Gasteiger partial charge is 0.128 e. The maximum absolute atomic E-state index is 8.91. The van der Waals surface area contributed by atoms with Crippen LogP contribution in [0.2, 0.25) is 0 Å². The minimum atomic E-state index is 0.0216. The van der Waals surface area contributed by atoms with Crippen molar-refractivity contribution < 1.29 is 5.11 Å². The van der Waals surface area contributed by atoms with Gasteiger partial charge < -0.3 is 5.11 Å². The molecule has 0 fully saturated rings. The van der Waals surface area contributed by atoms with Crippen molar-refractivity contribution >= 4 is 0 Å². The second kappa shape index (κ2) is 4.33. The molecule has 0 aliphatic heterocycles. The number of aliphatic hydroxyl groups excluding tert-OH is 1. The van der Waals surface area contributed by atoms with Crippen molar-refractivity contribution in [2.75, 3.05) is 0 Å². The van der Waals surface area contributed by atoms with Crippen LogP contribution in [0.5, 0.6) is 0 Å². The van der Waals surface area contributed by atoms with Crippen LogP contribution in [-0.2, 0) is 13.0 Å². The quantitative estimate of drug-likeness (QED) is 0.766. The van der Waals surface area contributed by atoms with Crippen LogP contribution in [-0.4, -0.2) is 15.1 Å². The van der Waals surface area contributed by atoms with Crippen molar-refractivity contribution in [1.82, 2.24) is 9.97 Å². The number of aromatic nitrogens is 2. The van der Waals surface area contributed by atoms with Gasteiger partial charge in [-0.25, -0.2) is 9.97 Å². The number of rotatable bonds is 3. The van der Waals surface area contributed by atoms with Gasteiger partial charge in [0.05, 0.1) is 6.61 Å². The first-order chi connectivity index (χ1) is 6.13. The summed E-state index contributed by atoms with van der Waals surface area (Å²) in [6.45, 7) is 6.20. The first kappa shape index (κ1) is 10.1. The van der Waals surface area contributed by atoms with Gasteiger partial charge >= 0.3 is 0 Å². The summed E-state index contributed by atoms with van der Waals surface area (Å²) in [5.41, 5.74) is 1.70. The zero-order valence-corrected chi connectivity index (χ0v) is 8.41. The van der Waals surface area contributed by atoms with Gasteiger partial charge in [0, 0.05) is 23.9 Å². The highest BCUT2D eigenvalue weighted by Gasteiger charge is 2.03. The Bertz CT molecular complexity index is 284. The Balaban J connectivity index is 2.83. The van der Waals surface area contributed by atoms with E-state index in [0.29, 0.717) is 5.92 Å². The molecule has 0 amide bonds. The van der Waals surface area contributed by atoms with Crippen molar-refractivity contribution in [3.63, 3.8) is 0 Å². The van der Waals surface area contributed by atoms with Crippen LogP contribution in [0.25, 0.3) is 0 Å². The Morgan fingerprint density at radius 1 is 1.46 bits per heavy atom. The number of nitrogens with zero attached hydrogens (tertiary/aromatic N) is 2. The second-order valence-electron chi connectivity index (χ2n) is 3.65. The fourth-order valence-electron chi connectivity index (χ4n) is 1.16. The summed E-state index contributed by atoms with van der Waals surface area (Å²) in [5.74, 6) is 1.43. The molecule has 0 aliphatic carbocycles. The van der Waals surface area contributed by atoms with Crippen molar-refractivity contribution in [3.8, 4) is 0 Å². The summed E-state index contributed by atoms with van der Waals surface area (Å²) >= 11 is 0. The predicted octanol–water partition coefficient (Wildman–Crippen LogP) is 1.48. The molecule has 3 nitrogen and oxygen atoms in total. The highest BCUT2D eigenvalue weighted by Crippen LogP contribution is 2.07. The highest BCUT2D eigenvalue weighted by molar-refractivity contribution is 5.14. The normalized spacial score (nSPS) is 10.8. The van der Waals surface area contributed by atoms with E-state index in [1.165, 1.54) is 0 Å². The highest BCUT2D eigenvalue weighted by atomic mass is 16.3. The number of aliphatic hydroxyl groups is 1. The maximum atomic E-state index is 8.91. The van der Waals surface area contributed by atoms with Gasteiger partial charge in [0.2, 0.25) is 0 Å². The Hall–Kier alpha value is -0.960. The van der Waals surface area contributed by atoms with E-state index in [9.17, 15) is 0 Å². The fourth-order valence-corrected chi connectivity index (χ4v) is 1.16. The van der Waals surface area contributed by atoms with Crippen LogP contribution in [0.1, 0.15) is 30.9 Å². The molecule has 72 valence electrons. The molecule has 1 aromatic rings. The first-order valence-electron chi connectivity index (χ1n) is 4.55. The molecule has 0 aromatic carbocycles. The second-order valence-corrected chi connectivity index (χ2v) is 3.65. The molecule has 13 heavy (non-hydrogen) atoms. The van der Waals surface area contributed by atoms with E-state index in [4.69, 9.17) is 5.11 Å². The minimum absolute atomic E-state index is 0.0216. The molecular formula is C10H16N2O. The molecule has 1 aromatic heterocycles. The van der Waals surface area contributed by atoms with E-state index in [0.717, 1.165) is 23.5 Å². The van der Waals surface area contributed by atoms with Crippen LogP contribution in [0.15, 0.2) is 6.20 Å². The molecule has 0 saturated carbocycles. The van der Waals surface area contributed by atoms with Gasteiger partial charge in [0.1, 0.15) is 5.82 Å². The van der Waals surface area contributed by atoms with Gasteiger partial charge in [0.25, 0.3) is 0 Å². The molecule has 0 saturated heterocycles. The zero-order chi connectivity index (χ0) is 9.84. The standard InChI is InChI=1S/C10H16N2O/c1-7(2)4-10-11-5-9(6-13)8(3)12-10/h5,7,13H,4,6H2,1-3H3. The predicted molar refractivity (Wildman–Crippen MR) is 51.2 cm³/mol. The lowest BCUT2D eigenvalue weighted by Gasteiger charge is -2.06. The van der Waals surface area contributed by atoms with Crippen LogP contribution in [0.4, 0.5) is 0 Å². The number of hydrogen-bond acceptors (Lipinski definition) is 3. The van der Waals surface area contributed by atoms with E-state index >= 15 is 0 Å². The first-order valence-corrected chi connectivity index (χ1v) is 4.55.